The van der Waals surface area contributed by atoms with E-state index in [0.717, 1.165) is 4.47 Å². The van der Waals surface area contributed by atoms with Gasteiger partial charge in [0.2, 0.25) is 5.90 Å². The molecule has 0 saturated carbocycles. The minimum absolute atomic E-state index is 0.214. The number of rotatable bonds is 5. The molecule has 0 bridgehead atoms. The van der Waals surface area contributed by atoms with Gasteiger partial charge in [0, 0.05) is 15.7 Å². The number of methoxy groups -OCH3 is 1. The van der Waals surface area contributed by atoms with Crippen LogP contribution in [0.5, 0.6) is 5.75 Å². The molecule has 3 N–H and O–H groups in total. The van der Waals surface area contributed by atoms with Crippen LogP contribution in [0.4, 0.5) is 5.69 Å². The Morgan fingerprint density at radius 3 is 2.55 bits per heavy atom. The third-order valence-corrected chi connectivity index (χ3v) is 4.84. The SMILES string of the molecule is COc1c(Br)cc(Br)cc1C(=O)Nc1cccc(C(=N)OC(=N)c2ccco2)c1. The third-order valence-electron chi connectivity index (χ3n) is 3.79. The van der Waals surface area contributed by atoms with Crippen LogP contribution in [0, 0.1) is 10.8 Å². The predicted molar refractivity (Wildman–Crippen MR) is 116 cm³/mol. The highest BCUT2D eigenvalue weighted by Crippen LogP contribution is 2.33. The summed E-state index contributed by atoms with van der Waals surface area (Å²) in [5.74, 6) is -0.281. The van der Waals surface area contributed by atoms with E-state index in [0.29, 0.717) is 27.0 Å². The molecular formula is C20H15Br2N3O4. The molecule has 0 aliphatic heterocycles. The minimum atomic E-state index is -0.378. The van der Waals surface area contributed by atoms with E-state index < -0.39 is 0 Å². The highest BCUT2D eigenvalue weighted by molar-refractivity contribution is 9.11. The van der Waals surface area contributed by atoms with Crippen LogP contribution in [0.3, 0.4) is 0 Å². The molecule has 148 valence electrons. The number of anilines is 1. The quantitative estimate of drug-likeness (QED) is 0.307. The first-order valence-electron chi connectivity index (χ1n) is 8.22. The molecule has 0 atom stereocenters. The number of furan rings is 1. The van der Waals surface area contributed by atoms with Crippen molar-refractivity contribution in [2.75, 3.05) is 12.4 Å². The second kappa shape index (κ2) is 9.06. The topological polar surface area (TPSA) is 108 Å². The fourth-order valence-corrected chi connectivity index (χ4v) is 3.88. The average molecular weight is 521 g/mol. The lowest BCUT2D eigenvalue weighted by Gasteiger charge is -2.12. The van der Waals surface area contributed by atoms with Crippen LogP contribution >= 0.6 is 31.9 Å². The molecular weight excluding hydrogens is 506 g/mol. The van der Waals surface area contributed by atoms with Gasteiger partial charge in [-0.2, -0.15) is 0 Å². The summed E-state index contributed by atoms with van der Waals surface area (Å²) in [6.07, 6.45) is 1.42. The number of ether oxygens (including phenoxy) is 2. The van der Waals surface area contributed by atoms with Crippen LogP contribution in [0.15, 0.2) is 68.2 Å². The maximum Gasteiger partial charge on any atom is 0.259 e. The second-order valence-corrected chi connectivity index (χ2v) is 7.51. The summed E-state index contributed by atoms with van der Waals surface area (Å²) in [6.45, 7) is 0. The van der Waals surface area contributed by atoms with Crippen LogP contribution in [0.2, 0.25) is 0 Å². The van der Waals surface area contributed by atoms with Crippen molar-refractivity contribution in [1.82, 2.24) is 0 Å². The van der Waals surface area contributed by atoms with Crippen LogP contribution in [-0.2, 0) is 4.74 Å². The molecule has 9 heteroatoms. The zero-order valence-electron chi connectivity index (χ0n) is 15.1. The fraction of sp³-hybridized carbons (Fsp3) is 0.0500. The van der Waals surface area contributed by atoms with Crippen LogP contribution < -0.4 is 10.1 Å². The third kappa shape index (κ3) is 4.93. The Hall–Kier alpha value is -2.91. The largest absolute Gasteiger partial charge is 0.495 e. The molecule has 0 saturated heterocycles. The van der Waals surface area contributed by atoms with Crippen molar-refractivity contribution in [2.24, 2.45) is 0 Å². The van der Waals surface area contributed by atoms with E-state index in [1.807, 2.05) is 0 Å². The summed E-state index contributed by atoms with van der Waals surface area (Å²) < 4.78 is 17.0. The monoisotopic (exact) mass is 519 g/mol. The van der Waals surface area contributed by atoms with Gasteiger partial charge in [0.15, 0.2) is 5.76 Å². The summed E-state index contributed by atoms with van der Waals surface area (Å²) >= 11 is 6.74. The molecule has 29 heavy (non-hydrogen) atoms. The smallest absolute Gasteiger partial charge is 0.259 e. The van der Waals surface area contributed by atoms with Gasteiger partial charge in [0.25, 0.3) is 11.8 Å². The number of amides is 1. The molecule has 1 amide bonds. The molecule has 7 nitrogen and oxygen atoms in total. The van der Waals surface area contributed by atoms with Crippen LogP contribution in [0.1, 0.15) is 21.7 Å². The summed E-state index contributed by atoms with van der Waals surface area (Å²) in [5, 5.41) is 18.7. The van der Waals surface area contributed by atoms with E-state index in [4.69, 9.17) is 24.7 Å². The first-order valence-corrected chi connectivity index (χ1v) is 9.81. The molecule has 0 aliphatic carbocycles. The number of nitrogens with one attached hydrogen (secondary N) is 3. The molecule has 0 aliphatic rings. The van der Waals surface area contributed by atoms with Gasteiger partial charge in [-0.15, -0.1) is 0 Å². The Kier molecular flexibility index (Phi) is 6.50. The first kappa shape index (κ1) is 20.8. The maximum absolute atomic E-state index is 12.7. The lowest BCUT2D eigenvalue weighted by Crippen LogP contribution is -2.15. The molecule has 3 rings (SSSR count). The van der Waals surface area contributed by atoms with E-state index in [1.165, 1.54) is 13.4 Å². The highest BCUT2D eigenvalue weighted by Gasteiger charge is 2.17. The lowest BCUT2D eigenvalue weighted by molar-refractivity contribution is 0.102. The lowest BCUT2D eigenvalue weighted by atomic mass is 10.1. The second-order valence-electron chi connectivity index (χ2n) is 5.74. The Bertz CT molecular complexity index is 1080. The van der Waals surface area contributed by atoms with Crippen molar-refractivity contribution in [3.8, 4) is 5.75 Å². The van der Waals surface area contributed by atoms with Crippen molar-refractivity contribution in [3.05, 3.63) is 80.6 Å². The van der Waals surface area contributed by atoms with Gasteiger partial charge < -0.3 is 19.2 Å². The fourth-order valence-electron chi connectivity index (χ4n) is 2.49. The summed E-state index contributed by atoms with van der Waals surface area (Å²) in [6, 6.07) is 13.2. The van der Waals surface area contributed by atoms with Crippen molar-refractivity contribution >= 4 is 55.2 Å². The van der Waals surface area contributed by atoms with Crippen LogP contribution in [0.25, 0.3) is 0 Å². The number of halogens is 2. The van der Waals surface area contributed by atoms with Crippen molar-refractivity contribution in [2.45, 2.75) is 0 Å². The molecule has 3 aromatic rings. The summed E-state index contributed by atoms with van der Waals surface area (Å²) in [5.41, 5.74) is 1.19. The molecule has 0 fully saturated rings. The first-order chi connectivity index (χ1) is 13.9. The van der Waals surface area contributed by atoms with Gasteiger partial charge in [-0.1, -0.05) is 22.0 Å². The number of carbonyl (C=O) groups excluding carboxylic acids is 1. The van der Waals surface area contributed by atoms with Crippen molar-refractivity contribution in [1.29, 1.82) is 10.8 Å². The normalized spacial score (nSPS) is 10.3. The van der Waals surface area contributed by atoms with Gasteiger partial charge in [-0.25, -0.2) is 0 Å². The zero-order valence-corrected chi connectivity index (χ0v) is 18.3. The van der Waals surface area contributed by atoms with Gasteiger partial charge in [0.05, 0.1) is 23.4 Å². The van der Waals surface area contributed by atoms with Gasteiger partial charge >= 0.3 is 0 Å². The average Bonchev–Trinajstić information content (AvgIpc) is 3.22. The van der Waals surface area contributed by atoms with Gasteiger partial charge in [-0.3, -0.25) is 15.6 Å². The van der Waals surface area contributed by atoms with Crippen LogP contribution in [-0.4, -0.2) is 24.8 Å². The molecule has 1 heterocycles. The van der Waals surface area contributed by atoms with E-state index in [2.05, 4.69) is 37.2 Å². The number of hydrogen-bond acceptors (Lipinski definition) is 6. The number of hydrogen-bond donors (Lipinski definition) is 3. The standard InChI is InChI=1S/C20H15Br2N3O4/c1-27-17-14(9-12(21)10-15(17)22)20(26)25-13-5-2-4-11(8-13)18(23)29-19(24)16-6-3-7-28-16/h2-10,23-24H,1H3,(H,25,26). The van der Waals surface area contributed by atoms with Gasteiger partial charge in [-0.05, 0) is 58.4 Å². The Balaban J connectivity index is 1.77. The van der Waals surface area contributed by atoms with E-state index in [-0.39, 0.29) is 23.5 Å². The molecule has 0 unspecified atom stereocenters. The Morgan fingerprint density at radius 2 is 1.86 bits per heavy atom. The van der Waals surface area contributed by atoms with E-state index in [1.54, 1.807) is 48.5 Å². The summed E-state index contributed by atoms with van der Waals surface area (Å²) in [7, 11) is 1.48. The Morgan fingerprint density at radius 1 is 1.07 bits per heavy atom. The molecule has 1 aromatic heterocycles. The van der Waals surface area contributed by atoms with Crippen molar-refractivity contribution < 1.29 is 18.7 Å². The molecule has 0 radical (unpaired) electrons. The number of benzene rings is 2. The predicted octanol–water partition coefficient (Wildman–Crippen LogP) is 5.43. The Labute approximate surface area is 183 Å². The molecule has 0 spiro atoms. The summed E-state index contributed by atoms with van der Waals surface area (Å²) in [4.78, 5) is 12.7. The number of carbonyl (C=O) groups is 1. The van der Waals surface area contributed by atoms with Gasteiger partial charge in [0.1, 0.15) is 5.75 Å². The minimum Gasteiger partial charge on any atom is -0.495 e. The highest BCUT2D eigenvalue weighted by atomic mass is 79.9. The van der Waals surface area contributed by atoms with E-state index >= 15 is 0 Å². The molecule has 2 aromatic carbocycles. The van der Waals surface area contributed by atoms with Crippen molar-refractivity contribution in [3.63, 3.8) is 0 Å². The zero-order chi connectivity index (χ0) is 21.0. The van der Waals surface area contributed by atoms with E-state index in [9.17, 15) is 4.79 Å². The maximum atomic E-state index is 12.7.